The molecule has 0 rings (SSSR count). The number of hydrogen-bond acceptors (Lipinski definition) is 5. The SMILES string of the molecule is CC(O)C(N)C(N)=O.O=C(O)C(F)(F)F.O=C(O)C(F)(F)F. The van der Waals surface area contributed by atoms with Crippen LogP contribution in [-0.4, -0.2) is 57.7 Å². The second-order valence-electron chi connectivity index (χ2n) is 3.27. The van der Waals surface area contributed by atoms with Crippen LogP contribution in [0.3, 0.4) is 0 Å². The highest BCUT2D eigenvalue weighted by Gasteiger charge is 2.38. The third-order valence-corrected chi connectivity index (χ3v) is 1.33. The van der Waals surface area contributed by atoms with Gasteiger partial charge in [0.1, 0.15) is 6.04 Å². The molecule has 0 saturated carbocycles. The Morgan fingerprint density at radius 2 is 1.09 bits per heavy atom. The van der Waals surface area contributed by atoms with Crippen LogP contribution in [0.25, 0.3) is 0 Å². The summed E-state index contributed by atoms with van der Waals surface area (Å²) >= 11 is 0. The van der Waals surface area contributed by atoms with Crippen LogP contribution in [0.4, 0.5) is 26.3 Å². The van der Waals surface area contributed by atoms with Crippen LogP contribution in [0.5, 0.6) is 0 Å². The molecule has 0 fully saturated rings. The van der Waals surface area contributed by atoms with E-state index in [4.69, 9.17) is 36.4 Å². The second kappa shape index (κ2) is 9.78. The van der Waals surface area contributed by atoms with Crippen LogP contribution in [0.2, 0.25) is 0 Å². The fourth-order valence-corrected chi connectivity index (χ4v) is 0.238. The van der Waals surface area contributed by atoms with Crippen LogP contribution in [0, 0.1) is 0 Å². The number of carboxylic acid groups (broad SMARTS) is 2. The Bertz CT molecular complexity index is 356. The van der Waals surface area contributed by atoms with Gasteiger partial charge in [0.15, 0.2) is 0 Å². The van der Waals surface area contributed by atoms with Gasteiger partial charge < -0.3 is 26.8 Å². The number of rotatable bonds is 2. The predicted octanol–water partition coefficient (Wildman–Crippen LogP) is -0.554. The predicted molar refractivity (Wildman–Crippen MR) is 56.2 cm³/mol. The first-order valence-corrected chi connectivity index (χ1v) is 4.77. The van der Waals surface area contributed by atoms with E-state index in [1.165, 1.54) is 6.92 Å². The average molecular weight is 346 g/mol. The van der Waals surface area contributed by atoms with Crippen molar-refractivity contribution in [1.29, 1.82) is 0 Å². The number of aliphatic hydroxyl groups excluding tert-OH is 1. The fourth-order valence-electron chi connectivity index (χ4n) is 0.238. The molecule has 2 unspecified atom stereocenters. The van der Waals surface area contributed by atoms with Gasteiger partial charge in [0.25, 0.3) is 0 Å². The van der Waals surface area contributed by atoms with Gasteiger partial charge in [0, 0.05) is 0 Å². The van der Waals surface area contributed by atoms with Gasteiger partial charge in [0.2, 0.25) is 5.91 Å². The number of hydrogen-bond donors (Lipinski definition) is 5. The number of primary amides is 1. The standard InChI is InChI=1S/C4H10N2O2.2C2HF3O2/c1-2(7)3(5)4(6)8;2*3-2(4,5)1(6)7/h2-3,7H,5H2,1H3,(H2,6,8);2*(H,6,7). The normalized spacial score (nSPS) is 13.5. The van der Waals surface area contributed by atoms with E-state index in [0.29, 0.717) is 0 Å². The Morgan fingerprint density at radius 3 is 1.09 bits per heavy atom. The number of halogens is 6. The lowest BCUT2D eigenvalue weighted by Gasteiger charge is -2.08. The quantitative estimate of drug-likeness (QED) is 0.418. The molecule has 0 aromatic rings. The average Bonchev–Trinajstić information content (AvgIpc) is 2.26. The Balaban J connectivity index is -0.000000247. The lowest BCUT2D eigenvalue weighted by Crippen LogP contribution is -2.44. The number of carbonyl (C=O) groups excluding carboxylic acids is 1. The van der Waals surface area contributed by atoms with E-state index in [-0.39, 0.29) is 0 Å². The van der Waals surface area contributed by atoms with Gasteiger partial charge >= 0.3 is 24.3 Å². The first-order chi connectivity index (χ1) is 9.44. The number of carbonyl (C=O) groups is 3. The molecule has 0 spiro atoms. The second-order valence-corrected chi connectivity index (χ2v) is 3.27. The number of aliphatic hydroxyl groups is 1. The molecule has 7 N–H and O–H groups in total. The molecule has 2 atom stereocenters. The van der Waals surface area contributed by atoms with Crippen molar-refractivity contribution in [2.45, 2.75) is 31.4 Å². The van der Waals surface area contributed by atoms with E-state index < -0.39 is 42.3 Å². The van der Waals surface area contributed by atoms with Crippen LogP contribution in [0.1, 0.15) is 6.92 Å². The maximum Gasteiger partial charge on any atom is 0.490 e. The first kappa shape index (κ1) is 24.9. The van der Waals surface area contributed by atoms with E-state index >= 15 is 0 Å². The Kier molecular flexibility index (Phi) is 11.1. The summed E-state index contributed by atoms with van der Waals surface area (Å²) in [4.78, 5) is 27.9. The van der Waals surface area contributed by atoms with Gasteiger partial charge in [-0.2, -0.15) is 26.3 Å². The molecule has 0 aromatic carbocycles. The van der Waals surface area contributed by atoms with Gasteiger partial charge in [-0.05, 0) is 6.92 Å². The zero-order valence-electron chi connectivity index (χ0n) is 10.6. The van der Waals surface area contributed by atoms with Crippen molar-refractivity contribution in [3.8, 4) is 0 Å². The smallest absolute Gasteiger partial charge is 0.475 e. The Labute approximate surface area is 118 Å². The summed E-state index contributed by atoms with van der Waals surface area (Å²) < 4.78 is 63.5. The van der Waals surface area contributed by atoms with Crippen molar-refractivity contribution in [2.24, 2.45) is 11.5 Å². The third kappa shape index (κ3) is 16.0. The fraction of sp³-hybridized carbons (Fsp3) is 0.625. The summed E-state index contributed by atoms with van der Waals surface area (Å²) in [6.45, 7) is 1.41. The van der Waals surface area contributed by atoms with Crippen molar-refractivity contribution < 1.29 is 56.0 Å². The summed E-state index contributed by atoms with van der Waals surface area (Å²) in [7, 11) is 0. The number of aliphatic carboxylic acids is 2. The number of amides is 1. The number of alkyl halides is 6. The minimum atomic E-state index is -5.08. The van der Waals surface area contributed by atoms with E-state index in [0.717, 1.165) is 0 Å². The van der Waals surface area contributed by atoms with E-state index in [1.807, 2.05) is 0 Å². The van der Waals surface area contributed by atoms with Crippen molar-refractivity contribution in [3.63, 3.8) is 0 Å². The van der Waals surface area contributed by atoms with Crippen LogP contribution < -0.4 is 11.5 Å². The number of carboxylic acids is 2. The summed E-state index contributed by atoms with van der Waals surface area (Å²) in [6.07, 6.45) is -11.0. The zero-order valence-corrected chi connectivity index (χ0v) is 10.6. The van der Waals surface area contributed by atoms with E-state index in [1.54, 1.807) is 0 Å². The first-order valence-electron chi connectivity index (χ1n) is 4.77. The van der Waals surface area contributed by atoms with Gasteiger partial charge in [-0.25, -0.2) is 9.59 Å². The van der Waals surface area contributed by atoms with Crippen molar-refractivity contribution >= 4 is 17.8 Å². The molecule has 0 radical (unpaired) electrons. The molecule has 0 aliphatic heterocycles. The summed E-state index contributed by atoms with van der Waals surface area (Å²) in [5.74, 6) is -6.19. The largest absolute Gasteiger partial charge is 0.490 e. The summed E-state index contributed by atoms with van der Waals surface area (Å²) in [5, 5.41) is 22.8. The maximum absolute atomic E-state index is 10.6. The molecular formula is C8H12F6N2O6. The molecule has 132 valence electrons. The van der Waals surface area contributed by atoms with Crippen LogP contribution in [-0.2, 0) is 14.4 Å². The van der Waals surface area contributed by atoms with E-state index in [9.17, 15) is 31.1 Å². The molecule has 14 heteroatoms. The van der Waals surface area contributed by atoms with Gasteiger partial charge in [-0.1, -0.05) is 0 Å². The topological polar surface area (TPSA) is 164 Å². The molecule has 0 aromatic heterocycles. The molecule has 22 heavy (non-hydrogen) atoms. The molecule has 0 saturated heterocycles. The molecule has 1 amide bonds. The minimum Gasteiger partial charge on any atom is -0.475 e. The van der Waals surface area contributed by atoms with Gasteiger partial charge in [-0.3, -0.25) is 4.79 Å². The van der Waals surface area contributed by atoms with Crippen molar-refractivity contribution in [1.82, 2.24) is 0 Å². The Morgan fingerprint density at radius 1 is 0.909 bits per heavy atom. The van der Waals surface area contributed by atoms with Crippen molar-refractivity contribution in [2.75, 3.05) is 0 Å². The van der Waals surface area contributed by atoms with Crippen LogP contribution >= 0.6 is 0 Å². The highest BCUT2D eigenvalue weighted by molar-refractivity contribution is 5.80. The molecule has 0 aliphatic carbocycles. The molecule has 0 aliphatic rings. The van der Waals surface area contributed by atoms with Crippen LogP contribution in [0.15, 0.2) is 0 Å². The van der Waals surface area contributed by atoms with E-state index in [2.05, 4.69) is 0 Å². The molecule has 0 heterocycles. The lowest BCUT2D eigenvalue weighted by atomic mass is 10.2. The molecule has 0 bridgehead atoms. The van der Waals surface area contributed by atoms with Gasteiger partial charge in [0.05, 0.1) is 6.10 Å². The summed E-state index contributed by atoms with van der Waals surface area (Å²) in [6, 6.07) is -0.935. The van der Waals surface area contributed by atoms with Crippen molar-refractivity contribution in [3.05, 3.63) is 0 Å². The molecule has 8 nitrogen and oxygen atoms in total. The zero-order chi connectivity index (χ0) is 18.9. The minimum absolute atomic E-state index is 0.681. The Hall–Kier alpha value is -2.09. The number of nitrogens with two attached hydrogens (primary N) is 2. The monoisotopic (exact) mass is 346 g/mol. The highest BCUT2D eigenvalue weighted by atomic mass is 19.4. The molecular weight excluding hydrogens is 334 g/mol. The highest BCUT2D eigenvalue weighted by Crippen LogP contribution is 2.13. The maximum atomic E-state index is 10.6. The lowest BCUT2D eigenvalue weighted by molar-refractivity contribution is -0.193. The summed E-state index contributed by atoms with van der Waals surface area (Å²) in [5.41, 5.74) is 9.75. The third-order valence-electron chi connectivity index (χ3n) is 1.33. The van der Waals surface area contributed by atoms with Gasteiger partial charge in [-0.15, -0.1) is 0 Å².